The number of carbonyl (C=O) groups is 2. The Bertz CT molecular complexity index is 848. The Morgan fingerprint density at radius 1 is 1.41 bits per heavy atom. The quantitative estimate of drug-likeness (QED) is 0.852. The van der Waals surface area contributed by atoms with Crippen molar-refractivity contribution in [1.82, 2.24) is 25.4 Å². The lowest BCUT2D eigenvalue weighted by Crippen LogP contribution is -2.47. The highest BCUT2D eigenvalue weighted by molar-refractivity contribution is 5.94. The molecule has 1 aliphatic heterocycles. The molecule has 0 aromatic carbocycles. The van der Waals surface area contributed by atoms with Crippen molar-refractivity contribution >= 4 is 11.8 Å². The van der Waals surface area contributed by atoms with Gasteiger partial charge in [-0.05, 0) is 44.9 Å². The van der Waals surface area contributed by atoms with Crippen molar-refractivity contribution in [3.8, 4) is 5.82 Å². The Hall–Kier alpha value is -2.84. The lowest BCUT2D eigenvalue weighted by Gasteiger charge is -2.17. The van der Waals surface area contributed by atoms with Gasteiger partial charge in [-0.15, -0.1) is 0 Å². The molecule has 3 rings (SSSR count). The molecular formula is C18H21F2N5O2. The molecule has 27 heavy (non-hydrogen) atoms. The maximum Gasteiger partial charge on any atom is 0.324 e. The molecule has 144 valence electrons. The minimum atomic E-state index is -3.35. The van der Waals surface area contributed by atoms with Gasteiger partial charge in [-0.1, -0.05) is 0 Å². The molecule has 1 atom stereocenters. The number of carbonyl (C=O) groups excluding carboxylic acids is 2. The van der Waals surface area contributed by atoms with Gasteiger partial charge in [-0.2, -0.15) is 13.9 Å². The Balaban J connectivity index is 1.60. The number of halogens is 2. The maximum absolute atomic E-state index is 13.4. The van der Waals surface area contributed by atoms with Gasteiger partial charge in [0.1, 0.15) is 0 Å². The Morgan fingerprint density at radius 2 is 2.19 bits per heavy atom. The monoisotopic (exact) mass is 377 g/mol. The average Bonchev–Trinajstić information content (AvgIpc) is 2.90. The number of amides is 2. The third kappa shape index (κ3) is 4.29. The summed E-state index contributed by atoms with van der Waals surface area (Å²) < 4.78 is 28.5. The average molecular weight is 377 g/mol. The van der Waals surface area contributed by atoms with E-state index >= 15 is 0 Å². The zero-order valence-corrected chi connectivity index (χ0v) is 15.1. The van der Waals surface area contributed by atoms with E-state index in [-0.39, 0.29) is 18.9 Å². The first-order valence-corrected chi connectivity index (χ1v) is 8.73. The fourth-order valence-electron chi connectivity index (χ4n) is 3.02. The molecule has 0 aliphatic carbocycles. The van der Waals surface area contributed by atoms with Crippen molar-refractivity contribution in [3.63, 3.8) is 0 Å². The molecule has 1 unspecified atom stereocenters. The first-order valence-electron chi connectivity index (χ1n) is 8.73. The number of nitrogens with one attached hydrogen (secondary N) is 2. The molecule has 7 nitrogen and oxygen atoms in total. The molecule has 0 saturated carbocycles. The highest BCUT2D eigenvalue weighted by Gasteiger charge is 2.41. The van der Waals surface area contributed by atoms with E-state index < -0.39 is 24.3 Å². The van der Waals surface area contributed by atoms with Crippen LogP contribution in [0.1, 0.15) is 41.0 Å². The number of alkyl halides is 2. The van der Waals surface area contributed by atoms with Gasteiger partial charge in [-0.3, -0.25) is 9.59 Å². The van der Waals surface area contributed by atoms with Crippen molar-refractivity contribution < 1.29 is 18.4 Å². The van der Waals surface area contributed by atoms with Crippen molar-refractivity contribution in [2.75, 3.05) is 6.54 Å². The van der Waals surface area contributed by atoms with Crippen LogP contribution in [0.5, 0.6) is 0 Å². The molecule has 3 heterocycles. The van der Waals surface area contributed by atoms with E-state index in [1.54, 1.807) is 16.8 Å². The molecular weight excluding hydrogens is 356 g/mol. The lowest BCUT2D eigenvalue weighted by molar-refractivity contribution is -0.145. The van der Waals surface area contributed by atoms with Crippen molar-refractivity contribution in [2.45, 2.75) is 45.1 Å². The largest absolute Gasteiger partial charge is 0.350 e. The van der Waals surface area contributed by atoms with Crippen molar-refractivity contribution in [1.29, 1.82) is 0 Å². The van der Waals surface area contributed by atoms with Gasteiger partial charge >= 0.3 is 5.92 Å². The Morgan fingerprint density at radius 3 is 2.81 bits per heavy atom. The van der Waals surface area contributed by atoms with E-state index in [9.17, 15) is 18.4 Å². The van der Waals surface area contributed by atoms with Gasteiger partial charge in [0, 0.05) is 30.9 Å². The number of hydrogen-bond donors (Lipinski definition) is 2. The van der Waals surface area contributed by atoms with E-state index in [1.165, 1.54) is 6.20 Å². The molecule has 1 saturated heterocycles. The van der Waals surface area contributed by atoms with Crippen LogP contribution in [0, 0.1) is 13.8 Å². The van der Waals surface area contributed by atoms with Crippen LogP contribution >= 0.6 is 0 Å². The van der Waals surface area contributed by atoms with Crippen molar-refractivity contribution in [3.05, 3.63) is 41.3 Å². The van der Waals surface area contributed by atoms with Crippen LogP contribution in [-0.4, -0.2) is 45.1 Å². The minimum absolute atomic E-state index is 0.0832. The van der Waals surface area contributed by atoms with Crippen LogP contribution in [0.3, 0.4) is 0 Å². The molecule has 9 heteroatoms. The predicted molar refractivity (Wildman–Crippen MR) is 93.9 cm³/mol. The van der Waals surface area contributed by atoms with E-state index in [2.05, 4.69) is 20.7 Å². The number of hydrogen-bond acceptors (Lipinski definition) is 4. The summed E-state index contributed by atoms with van der Waals surface area (Å²) in [4.78, 5) is 28.0. The number of pyridine rings is 1. The maximum atomic E-state index is 13.4. The van der Waals surface area contributed by atoms with Crippen molar-refractivity contribution in [2.24, 2.45) is 0 Å². The van der Waals surface area contributed by atoms with Crippen LogP contribution in [0.25, 0.3) is 5.82 Å². The van der Waals surface area contributed by atoms with Gasteiger partial charge in [-0.25, -0.2) is 9.67 Å². The first kappa shape index (κ1) is 18.9. The smallest absolute Gasteiger partial charge is 0.324 e. The standard InChI is InChI=1S/C18H21F2N5O2/c1-11-8-12(2)25(24-11)15-6-5-13(9-21-15)16(26)22-10-14-4-3-7-18(19,20)17(27)23-14/h5-6,8-9,14H,3-4,7,10H2,1-2H3,(H,22,26)(H,23,27). The Labute approximate surface area is 155 Å². The molecule has 2 aromatic rings. The molecule has 0 bridgehead atoms. The zero-order chi connectivity index (χ0) is 19.6. The second-order valence-corrected chi connectivity index (χ2v) is 6.72. The van der Waals surface area contributed by atoms with Crippen LogP contribution < -0.4 is 10.6 Å². The highest BCUT2D eigenvalue weighted by atomic mass is 19.3. The zero-order valence-electron chi connectivity index (χ0n) is 15.1. The highest BCUT2D eigenvalue weighted by Crippen LogP contribution is 2.25. The summed E-state index contributed by atoms with van der Waals surface area (Å²) in [5.41, 5.74) is 2.14. The normalized spacial score (nSPS) is 19.3. The molecule has 0 radical (unpaired) electrons. The summed E-state index contributed by atoms with van der Waals surface area (Å²) in [7, 11) is 0. The van der Waals surface area contributed by atoms with Gasteiger partial charge < -0.3 is 10.6 Å². The number of nitrogens with zero attached hydrogens (tertiary/aromatic N) is 3. The fraction of sp³-hybridized carbons (Fsp3) is 0.444. The summed E-state index contributed by atoms with van der Waals surface area (Å²) in [6, 6.07) is 4.71. The minimum Gasteiger partial charge on any atom is -0.350 e. The predicted octanol–water partition coefficient (Wildman–Crippen LogP) is 1.92. The lowest BCUT2D eigenvalue weighted by atomic mass is 10.1. The topological polar surface area (TPSA) is 88.9 Å². The van der Waals surface area contributed by atoms with Crippen LogP contribution in [0.4, 0.5) is 8.78 Å². The molecule has 0 spiro atoms. The van der Waals surface area contributed by atoms with Gasteiger partial charge in [0.15, 0.2) is 5.82 Å². The fourth-order valence-corrected chi connectivity index (χ4v) is 3.02. The summed E-state index contributed by atoms with van der Waals surface area (Å²) in [5, 5.41) is 9.27. The van der Waals surface area contributed by atoms with Gasteiger partial charge in [0.2, 0.25) is 0 Å². The second kappa shape index (κ2) is 7.42. The summed E-state index contributed by atoms with van der Waals surface area (Å²) in [6.07, 6.45) is 1.56. The summed E-state index contributed by atoms with van der Waals surface area (Å²) in [6.45, 7) is 3.88. The van der Waals surface area contributed by atoms with Crippen LogP contribution in [0.15, 0.2) is 24.4 Å². The number of rotatable bonds is 4. The Kier molecular flexibility index (Phi) is 5.20. The van der Waals surface area contributed by atoms with E-state index in [0.29, 0.717) is 17.8 Å². The van der Waals surface area contributed by atoms with Gasteiger partial charge in [0.25, 0.3) is 11.8 Å². The van der Waals surface area contributed by atoms with Crippen LogP contribution in [-0.2, 0) is 4.79 Å². The van der Waals surface area contributed by atoms with E-state index in [0.717, 1.165) is 11.4 Å². The molecule has 1 aliphatic rings. The summed E-state index contributed by atoms with van der Waals surface area (Å²) >= 11 is 0. The number of aromatic nitrogens is 3. The van der Waals surface area contributed by atoms with Gasteiger partial charge in [0.05, 0.1) is 11.3 Å². The van der Waals surface area contributed by atoms with E-state index in [1.807, 2.05) is 19.9 Å². The first-order chi connectivity index (χ1) is 12.8. The summed E-state index contributed by atoms with van der Waals surface area (Å²) in [5.74, 6) is -4.42. The third-order valence-corrected chi connectivity index (χ3v) is 4.46. The molecule has 2 N–H and O–H groups in total. The SMILES string of the molecule is Cc1cc(C)n(-c2ccc(C(=O)NCC3CCCC(F)(F)C(=O)N3)cn2)n1. The molecule has 2 aromatic heterocycles. The molecule has 1 fully saturated rings. The molecule has 2 amide bonds. The van der Waals surface area contributed by atoms with E-state index in [4.69, 9.17) is 0 Å². The number of aryl methyl sites for hydroxylation is 2. The third-order valence-electron chi connectivity index (χ3n) is 4.46. The van der Waals surface area contributed by atoms with Crippen LogP contribution in [0.2, 0.25) is 0 Å². The second-order valence-electron chi connectivity index (χ2n) is 6.72.